The van der Waals surface area contributed by atoms with Crippen LogP contribution >= 0.6 is 11.3 Å². The van der Waals surface area contributed by atoms with Crippen molar-refractivity contribution in [3.63, 3.8) is 0 Å². The Bertz CT molecular complexity index is 598. The van der Waals surface area contributed by atoms with E-state index in [1.165, 1.54) is 23.3 Å². The van der Waals surface area contributed by atoms with Crippen LogP contribution in [-0.2, 0) is 13.1 Å². The predicted octanol–water partition coefficient (Wildman–Crippen LogP) is 3.39. The third-order valence-corrected chi connectivity index (χ3v) is 3.73. The first kappa shape index (κ1) is 13.6. The number of nitro groups is 1. The van der Waals surface area contributed by atoms with Crippen LogP contribution in [0.4, 0.5) is 10.1 Å². The molecule has 0 atom stereocenters. The Labute approximate surface area is 114 Å². The Kier molecular flexibility index (Phi) is 4.24. The molecule has 0 saturated heterocycles. The van der Waals surface area contributed by atoms with Crippen molar-refractivity contribution in [3.8, 4) is 0 Å². The molecule has 0 aliphatic rings. The molecule has 0 aliphatic heterocycles. The van der Waals surface area contributed by atoms with E-state index in [1.54, 1.807) is 17.4 Å². The molecule has 0 amide bonds. The van der Waals surface area contributed by atoms with Gasteiger partial charge in [0.15, 0.2) is 0 Å². The van der Waals surface area contributed by atoms with Gasteiger partial charge in [0, 0.05) is 19.2 Å². The minimum absolute atomic E-state index is 0.476. The normalized spacial score (nSPS) is 10.6. The number of rotatable bonds is 5. The number of thiophene rings is 1. The zero-order valence-corrected chi connectivity index (χ0v) is 11.2. The zero-order chi connectivity index (χ0) is 13.8. The Morgan fingerprint density at radius 2 is 2.16 bits per heavy atom. The highest BCUT2D eigenvalue weighted by molar-refractivity contribution is 7.08. The Balaban J connectivity index is 1.95. The number of nitrogens with one attached hydrogen (secondary N) is 1. The number of aryl methyl sites for hydroxylation is 1. The average Bonchev–Trinajstić information content (AvgIpc) is 2.75. The molecule has 1 N–H and O–H groups in total. The van der Waals surface area contributed by atoms with Gasteiger partial charge in [-0.2, -0.15) is 15.7 Å². The maximum Gasteiger partial charge on any atom is 0.304 e. The second-order valence-electron chi connectivity index (χ2n) is 4.23. The average molecular weight is 280 g/mol. The first-order valence-electron chi connectivity index (χ1n) is 5.73. The van der Waals surface area contributed by atoms with Crippen LogP contribution in [0.2, 0.25) is 0 Å². The molecule has 1 aromatic heterocycles. The first-order chi connectivity index (χ1) is 9.08. The lowest BCUT2D eigenvalue weighted by atomic mass is 10.2. The van der Waals surface area contributed by atoms with Gasteiger partial charge in [0.2, 0.25) is 5.82 Å². The molecule has 6 heteroatoms. The van der Waals surface area contributed by atoms with Gasteiger partial charge in [0.25, 0.3) is 0 Å². The quantitative estimate of drug-likeness (QED) is 0.674. The highest BCUT2D eigenvalue weighted by Crippen LogP contribution is 2.18. The van der Waals surface area contributed by atoms with E-state index < -0.39 is 16.4 Å². The third kappa shape index (κ3) is 3.36. The molecule has 100 valence electrons. The molecule has 1 heterocycles. The minimum atomic E-state index is -0.795. The summed E-state index contributed by atoms with van der Waals surface area (Å²) < 4.78 is 13.4. The Morgan fingerprint density at radius 3 is 2.74 bits per heavy atom. The van der Waals surface area contributed by atoms with E-state index in [0.29, 0.717) is 18.7 Å². The lowest BCUT2D eigenvalue weighted by molar-refractivity contribution is -0.387. The Hall–Kier alpha value is -1.79. The standard InChI is InChI=1S/C13H13FN2O2S/c1-9-7-19-8-11(9)6-15-5-10-2-3-13(16(17)18)12(14)4-10/h2-4,7-8,15H,5-6H2,1H3. The van der Waals surface area contributed by atoms with Gasteiger partial charge in [0.1, 0.15) is 0 Å². The van der Waals surface area contributed by atoms with Gasteiger partial charge < -0.3 is 5.32 Å². The van der Waals surface area contributed by atoms with E-state index in [2.05, 4.69) is 16.1 Å². The fraction of sp³-hybridized carbons (Fsp3) is 0.231. The molecule has 19 heavy (non-hydrogen) atoms. The molecule has 2 rings (SSSR count). The van der Waals surface area contributed by atoms with E-state index in [0.717, 1.165) is 0 Å². The molecule has 0 bridgehead atoms. The molecular formula is C13H13FN2O2S. The monoisotopic (exact) mass is 280 g/mol. The van der Waals surface area contributed by atoms with Gasteiger partial charge in [-0.1, -0.05) is 6.07 Å². The van der Waals surface area contributed by atoms with Gasteiger partial charge in [-0.05, 0) is 40.4 Å². The van der Waals surface area contributed by atoms with Crippen LogP contribution in [0.5, 0.6) is 0 Å². The van der Waals surface area contributed by atoms with E-state index in [-0.39, 0.29) is 0 Å². The highest BCUT2D eigenvalue weighted by atomic mass is 32.1. The summed E-state index contributed by atoms with van der Waals surface area (Å²) in [5.74, 6) is -0.795. The maximum atomic E-state index is 13.4. The predicted molar refractivity (Wildman–Crippen MR) is 72.7 cm³/mol. The molecule has 0 spiro atoms. The fourth-order valence-corrected chi connectivity index (χ4v) is 2.57. The summed E-state index contributed by atoms with van der Waals surface area (Å²) in [6, 6.07) is 3.96. The number of hydrogen-bond donors (Lipinski definition) is 1. The van der Waals surface area contributed by atoms with E-state index in [9.17, 15) is 14.5 Å². The van der Waals surface area contributed by atoms with Gasteiger partial charge >= 0.3 is 5.69 Å². The summed E-state index contributed by atoms with van der Waals surface area (Å²) in [6.07, 6.45) is 0. The van der Waals surface area contributed by atoms with Gasteiger partial charge in [-0.3, -0.25) is 10.1 Å². The van der Waals surface area contributed by atoms with Gasteiger partial charge in [-0.25, -0.2) is 0 Å². The van der Waals surface area contributed by atoms with Gasteiger partial charge in [0.05, 0.1) is 4.92 Å². The second-order valence-corrected chi connectivity index (χ2v) is 4.97. The number of nitro benzene ring substituents is 1. The van der Waals surface area contributed by atoms with Crippen LogP contribution in [-0.4, -0.2) is 4.92 Å². The van der Waals surface area contributed by atoms with E-state index in [1.807, 2.05) is 6.92 Å². The van der Waals surface area contributed by atoms with Crippen LogP contribution in [0, 0.1) is 22.9 Å². The van der Waals surface area contributed by atoms with Crippen LogP contribution in [0.1, 0.15) is 16.7 Å². The summed E-state index contributed by atoms with van der Waals surface area (Å²) in [4.78, 5) is 9.77. The van der Waals surface area contributed by atoms with Crippen molar-refractivity contribution in [2.75, 3.05) is 0 Å². The highest BCUT2D eigenvalue weighted by Gasteiger charge is 2.13. The van der Waals surface area contributed by atoms with Crippen molar-refractivity contribution in [1.82, 2.24) is 5.32 Å². The first-order valence-corrected chi connectivity index (χ1v) is 6.67. The lowest BCUT2D eigenvalue weighted by Gasteiger charge is -2.05. The van der Waals surface area contributed by atoms with E-state index >= 15 is 0 Å². The molecule has 0 saturated carbocycles. The summed E-state index contributed by atoms with van der Waals surface area (Å²) in [5.41, 5.74) is 2.65. The summed E-state index contributed by atoms with van der Waals surface area (Å²) >= 11 is 1.65. The van der Waals surface area contributed by atoms with Crippen LogP contribution < -0.4 is 5.32 Å². The van der Waals surface area contributed by atoms with Crippen molar-refractivity contribution >= 4 is 17.0 Å². The molecule has 4 nitrogen and oxygen atoms in total. The van der Waals surface area contributed by atoms with Crippen LogP contribution in [0.25, 0.3) is 0 Å². The van der Waals surface area contributed by atoms with Gasteiger partial charge in [-0.15, -0.1) is 0 Å². The van der Waals surface area contributed by atoms with Crippen molar-refractivity contribution in [2.24, 2.45) is 0 Å². The molecule has 0 unspecified atom stereocenters. The minimum Gasteiger partial charge on any atom is -0.309 e. The third-order valence-electron chi connectivity index (χ3n) is 2.81. The largest absolute Gasteiger partial charge is 0.309 e. The fourth-order valence-electron chi connectivity index (χ4n) is 1.72. The zero-order valence-electron chi connectivity index (χ0n) is 10.4. The SMILES string of the molecule is Cc1cscc1CNCc1ccc([N+](=O)[O-])c(F)c1. The van der Waals surface area contributed by atoms with Crippen molar-refractivity contribution in [1.29, 1.82) is 0 Å². The molecule has 0 radical (unpaired) electrons. The summed E-state index contributed by atoms with van der Waals surface area (Å²) in [6.45, 7) is 3.22. The van der Waals surface area contributed by atoms with Crippen LogP contribution in [0.15, 0.2) is 29.0 Å². The maximum absolute atomic E-state index is 13.4. The molecule has 2 aromatic rings. The molecule has 0 fully saturated rings. The van der Waals surface area contributed by atoms with Crippen molar-refractivity contribution in [2.45, 2.75) is 20.0 Å². The molecule has 1 aromatic carbocycles. The summed E-state index contributed by atoms with van der Waals surface area (Å²) in [5, 5.41) is 17.8. The second kappa shape index (κ2) is 5.90. The topological polar surface area (TPSA) is 55.2 Å². The molecule has 0 aliphatic carbocycles. The molecular weight excluding hydrogens is 267 g/mol. The lowest BCUT2D eigenvalue weighted by Crippen LogP contribution is -2.13. The van der Waals surface area contributed by atoms with Crippen molar-refractivity contribution in [3.05, 3.63) is 61.6 Å². The summed E-state index contributed by atoms with van der Waals surface area (Å²) in [7, 11) is 0. The number of nitrogens with zero attached hydrogens (tertiary/aromatic N) is 1. The van der Waals surface area contributed by atoms with Crippen molar-refractivity contribution < 1.29 is 9.31 Å². The number of hydrogen-bond acceptors (Lipinski definition) is 4. The number of halogens is 1. The van der Waals surface area contributed by atoms with E-state index in [4.69, 9.17) is 0 Å². The Morgan fingerprint density at radius 1 is 1.37 bits per heavy atom. The smallest absolute Gasteiger partial charge is 0.304 e. The van der Waals surface area contributed by atoms with Crippen LogP contribution in [0.3, 0.4) is 0 Å². The number of benzene rings is 1.